The minimum atomic E-state index is -0.223. The first kappa shape index (κ1) is 19.6. The molecule has 0 spiro atoms. The standard InChI is InChI=1S/C23H28FNO2/c1-17-9-10-18(14-21(17)24)13-19-7-3-4-8-20(19)22(27)25(2)15-23(16-26)11-5-6-12-23/h3-4,7-10,14,26H,5-6,11-13,15-16H2,1-2H3. The molecule has 0 atom stereocenters. The quantitative estimate of drug-likeness (QED) is 0.822. The molecule has 0 aliphatic heterocycles. The van der Waals surface area contributed by atoms with E-state index in [-0.39, 0.29) is 23.7 Å². The van der Waals surface area contributed by atoms with Gasteiger partial charge in [-0.05, 0) is 55.0 Å². The van der Waals surface area contributed by atoms with Crippen molar-refractivity contribution in [2.45, 2.75) is 39.0 Å². The summed E-state index contributed by atoms with van der Waals surface area (Å²) in [5, 5.41) is 9.84. The highest BCUT2D eigenvalue weighted by Gasteiger charge is 2.35. The molecule has 0 radical (unpaired) electrons. The first-order valence-electron chi connectivity index (χ1n) is 9.63. The van der Waals surface area contributed by atoms with Gasteiger partial charge in [-0.1, -0.05) is 43.2 Å². The van der Waals surface area contributed by atoms with Crippen LogP contribution in [0.2, 0.25) is 0 Å². The molecule has 1 aliphatic rings. The zero-order chi connectivity index (χ0) is 19.4. The summed E-state index contributed by atoms with van der Waals surface area (Å²) in [7, 11) is 1.81. The van der Waals surface area contributed by atoms with Gasteiger partial charge >= 0.3 is 0 Å². The first-order valence-corrected chi connectivity index (χ1v) is 9.63. The van der Waals surface area contributed by atoms with Crippen molar-refractivity contribution < 1.29 is 14.3 Å². The van der Waals surface area contributed by atoms with Crippen LogP contribution in [0.5, 0.6) is 0 Å². The molecule has 0 unspecified atom stereocenters. The van der Waals surface area contributed by atoms with Crippen molar-refractivity contribution in [1.82, 2.24) is 4.90 Å². The molecule has 1 N–H and O–H groups in total. The fraction of sp³-hybridized carbons (Fsp3) is 0.435. The summed E-state index contributed by atoms with van der Waals surface area (Å²) in [5.41, 5.74) is 2.84. The monoisotopic (exact) mass is 369 g/mol. The Bertz CT molecular complexity index is 812. The predicted molar refractivity (Wildman–Crippen MR) is 105 cm³/mol. The molecule has 3 nitrogen and oxygen atoms in total. The number of rotatable bonds is 6. The number of halogens is 1. The lowest BCUT2D eigenvalue weighted by Gasteiger charge is -2.32. The average molecular weight is 369 g/mol. The molecule has 1 fully saturated rings. The Morgan fingerprint density at radius 2 is 1.89 bits per heavy atom. The molecular weight excluding hydrogens is 341 g/mol. The van der Waals surface area contributed by atoms with Gasteiger partial charge in [-0.2, -0.15) is 0 Å². The van der Waals surface area contributed by atoms with Gasteiger partial charge in [0.25, 0.3) is 5.91 Å². The van der Waals surface area contributed by atoms with Crippen molar-refractivity contribution >= 4 is 5.91 Å². The summed E-state index contributed by atoms with van der Waals surface area (Å²) in [6.45, 7) is 2.43. The summed E-state index contributed by atoms with van der Waals surface area (Å²) >= 11 is 0. The molecular formula is C23H28FNO2. The predicted octanol–water partition coefficient (Wildman–Crippen LogP) is 4.35. The highest BCUT2D eigenvalue weighted by Crippen LogP contribution is 2.38. The van der Waals surface area contributed by atoms with E-state index in [0.717, 1.165) is 36.8 Å². The Morgan fingerprint density at radius 3 is 2.56 bits per heavy atom. The highest BCUT2D eigenvalue weighted by atomic mass is 19.1. The van der Waals surface area contributed by atoms with Crippen LogP contribution < -0.4 is 0 Å². The number of aliphatic hydroxyl groups excluding tert-OH is 1. The van der Waals surface area contributed by atoms with Crippen LogP contribution in [0.25, 0.3) is 0 Å². The molecule has 144 valence electrons. The minimum absolute atomic E-state index is 0.0436. The Hall–Kier alpha value is -2.20. The summed E-state index contributed by atoms with van der Waals surface area (Å²) in [4.78, 5) is 14.8. The second kappa shape index (κ2) is 8.22. The number of aliphatic hydroxyl groups is 1. The van der Waals surface area contributed by atoms with Crippen molar-refractivity contribution in [2.75, 3.05) is 20.2 Å². The van der Waals surface area contributed by atoms with Crippen molar-refractivity contribution in [3.05, 3.63) is 70.5 Å². The summed E-state index contributed by atoms with van der Waals surface area (Å²) < 4.78 is 13.9. The third-order valence-electron chi connectivity index (χ3n) is 5.80. The van der Waals surface area contributed by atoms with Crippen molar-refractivity contribution in [2.24, 2.45) is 5.41 Å². The van der Waals surface area contributed by atoms with Crippen LogP contribution in [-0.2, 0) is 6.42 Å². The molecule has 27 heavy (non-hydrogen) atoms. The topological polar surface area (TPSA) is 40.5 Å². The van der Waals surface area contributed by atoms with Gasteiger partial charge in [0, 0.05) is 24.6 Å². The van der Waals surface area contributed by atoms with Crippen LogP contribution in [0, 0.1) is 18.2 Å². The van der Waals surface area contributed by atoms with Gasteiger partial charge < -0.3 is 10.0 Å². The molecule has 0 heterocycles. The Morgan fingerprint density at radius 1 is 1.19 bits per heavy atom. The number of carbonyl (C=O) groups excluding carboxylic acids is 1. The fourth-order valence-electron chi connectivity index (χ4n) is 4.12. The third kappa shape index (κ3) is 4.38. The Labute approximate surface area is 160 Å². The SMILES string of the molecule is Cc1ccc(Cc2ccccc2C(=O)N(C)CC2(CO)CCCC2)cc1F. The van der Waals surface area contributed by atoms with Gasteiger partial charge in [0.1, 0.15) is 5.82 Å². The van der Waals surface area contributed by atoms with Gasteiger partial charge in [-0.25, -0.2) is 4.39 Å². The Kier molecular flexibility index (Phi) is 5.95. The van der Waals surface area contributed by atoms with E-state index in [2.05, 4.69) is 0 Å². The van der Waals surface area contributed by atoms with Crippen LogP contribution in [0.1, 0.15) is 52.7 Å². The van der Waals surface area contributed by atoms with Crippen molar-refractivity contribution in [3.63, 3.8) is 0 Å². The number of benzene rings is 2. The average Bonchev–Trinajstić information content (AvgIpc) is 3.13. The van der Waals surface area contributed by atoms with Gasteiger partial charge in [0.05, 0.1) is 6.61 Å². The van der Waals surface area contributed by atoms with E-state index in [4.69, 9.17) is 0 Å². The molecule has 4 heteroatoms. The maximum Gasteiger partial charge on any atom is 0.253 e. The number of aryl methyl sites for hydroxylation is 1. The number of hydrogen-bond donors (Lipinski definition) is 1. The fourth-order valence-corrected chi connectivity index (χ4v) is 4.12. The summed E-state index contributed by atoms with van der Waals surface area (Å²) in [6, 6.07) is 12.7. The smallest absolute Gasteiger partial charge is 0.253 e. The van der Waals surface area contributed by atoms with Gasteiger partial charge in [-0.3, -0.25) is 4.79 Å². The van der Waals surface area contributed by atoms with Crippen molar-refractivity contribution in [1.29, 1.82) is 0 Å². The maximum atomic E-state index is 13.9. The number of carbonyl (C=O) groups is 1. The molecule has 0 aromatic heterocycles. The largest absolute Gasteiger partial charge is 0.396 e. The zero-order valence-electron chi connectivity index (χ0n) is 16.2. The number of amides is 1. The molecule has 1 amide bonds. The van der Waals surface area contributed by atoms with Crippen LogP contribution in [0.3, 0.4) is 0 Å². The second-order valence-corrected chi connectivity index (χ2v) is 7.94. The number of nitrogens with zero attached hydrogens (tertiary/aromatic N) is 1. The van der Waals surface area contributed by atoms with Gasteiger partial charge in [-0.15, -0.1) is 0 Å². The van der Waals surface area contributed by atoms with Gasteiger partial charge in [0.2, 0.25) is 0 Å². The highest BCUT2D eigenvalue weighted by molar-refractivity contribution is 5.95. The normalized spacial score (nSPS) is 15.7. The first-order chi connectivity index (χ1) is 12.9. The van der Waals surface area contributed by atoms with Crippen molar-refractivity contribution in [3.8, 4) is 0 Å². The van der Waals surface area contributed by atoms with E-state index in [9.17, 15) is 14.3 Å². The van der Waals surface area contributed by atoms with E-state index >= 15 is 0 Å². The van der Waals surface area contributed by atoms with Crippen LogP contribution in [0.15, 0.2) is 42.5 Å². The molecule has 1 saturated carbocycles. The van der Waals surface area contributed by atoms with E-state index in [0.29, 0.717) is 24.1 Å². The molecule has 0 bridgehead atoms. The molecule has 2 aromatic rings. The molecule has 0 saturated heterocycles. The minimum Gasteiger partial charge on any atom is -0.396 e. The second-order valence-electron chi connectivity index (χ2n) is 7.94. The summed E-state index contributed by atoms with van der Waals surface area (Å²) in [5.74, 6) is -0.266. The van der Waals surface area contributed by atoms with E-state index in [1.165, 1.54) is 0 Å². The number of hydrogen-bond acceptors (Lipinski definition) is 2. The zero-order valence-corrected chi connectivity index (χ0v) is 16.2. The lowest BCUT2D eigenvalue weighted by molar-refractivity contribution is 0.0594. The van der Waals surface area contributed by atoms with E-state index in [1.54, 1.807) is 31.0 Å². The lowest BCUT2D eigenvalue weighted by atomic mass is 9.86. The third-order valence-corrected chi connectivity index (χ3v) is 5.80. The lowest BCUT2D eigenvalue weighted by Crippen LogP contribution is -2.40. The maximum absolute atomic E-state index is 13.9. The van der Waals surface area contributed by atoms with Crippen LogP contribution >= 0.6 is 0 Å². The van der Waals surface area contributed by atoms with E-state index in [1.807, 2.05) is 30.3 Å². The molecule has 3 rings (SSSR count). The van der Waals surface area contributed by atoms with Gasteiger partial charge in [0.15, 0.2) is 0 Å². The van der Waals surface area contributed by atoms with Crippen LogP contribution in [-0.4, -0.2) is 36.1 Å². The van der Waals surface area contributed by atoms with E-state index < -0.39 is 0 Å². The molecule has 2 aromatic carbocycles. The summed E-state index contributed by atoms with van der Waals surface area (Å²) in [6.07, 6.45) is 4.66. The van der Waals surface area contributed by atoms with Crippen LogP contribution in [0.4, 0.5) is 4.39 Å². The molecule has 1 aliphatic carbocycles. The Balaban J connectivity index is 1.79.